The number of hydrogen-bond acceptors (Lipinski definition) is 7. The van der Waals surface area contributed by atoms with Gasteiger partial charge in [0.2, 0.25) is 5.91 Å². The molecule has 0 bridgehead atoms. The maximum atomic E-state index is 13.0. The highest BCUT2D eigenvalue weighted by Gasteiger charge is 2.35. The summed E-state index contributed by atoms with van der Waals surface area (Å²) in [5, 5.41) is 7.91. The van der Waals surface area contributed by atoms with Crippen molar-refractivity contribution in [2.75, 3.05) is 37.5 Å². The molecule has 0 saturated carbocycles. The summed E-state index contributed by atoms with van der Waals surface area (Å²) in [6, 6.07) is 16.7. The molecule has 11 nitrogen and oxygen atoms in total. The lowest BCUT2D eigenvalue weighted by Crippen LogP contribution is -2.38. The summed E-state index contributed by atoms with van der Waals surface area (Å²) >= 11 is 3.45. The average molecular weight is 637 g/mol. The Morgan fingerprint density at radius 2 is 1.71 bits per heavy atom. The highest BCUT2D eigenvalue weighted by Crippen LogP contribution is 2.37. The molecule has 12 heteroatoms. The van der Waals surface area contributed by atoms with Gasteiger partial charge in [-0.05, 0) is 77.8 Å². The number of amides is 5. The molecule has 5 amide bonds. The Bertz CT molecular complexity index is 1540. The van der Waals surface area contributed by atoms with E-state index in [1.807, 2.05) is 19.1 Å². The van der Waals surface area contributed by atoms with Crippen LogP contribution in [-0.2, 0) is 14.4 Å². The van der Waals surface area contributed by atoms with Crippen molar-refractivity contribution in [2.24, 2.45) is 0 Å². The highest BCUT2D eigenvalue weighted by molar-refractivity contribution is 9.10. The quantitative estimate of drug-likeness (QED) is 0.205. The number of urea groups is 1. The molecule has 1 heterocycles. The van der Waals surface area contributed by atoms with Crippen LogP contribution in [0.4, 0.5) is 16.2 Å². The summed E-state index contributed by atoms with van der Waals surface area (Å²) < 4.78 is 17.2. The molecule has 0 spiro atoms. The molecule has 0 atom stereocenters. The maximum absolute atomic E-state index is 13.0. The fourth-order valence-electron chi connectivity index (χ4n) is 4.01. The minimum absolute atomic E-state index is 0.0226. The number of halogens is 1. The van der Waals surface area contributed by atoms with Gasteiger partial charge in [0.25, 0.3) is 11.8 Å². The molecule has 0 aromatic heterocycles. The van der Waals surface area contributed by atoms with E-state index >= 15 is 0 Å². The van der Waals surface area contributed by atoms with Crippen LogP contribution >= 0.6 is 15.9 Å². The number of anilines is 2. The standard InChI is InChI=1S/C30H29BrN4O7/c1-4-41-25-15-19(13-21(31)28(25)42-17-27(37)32-20-11-9-18(2)10-12-20)14-23-29(38)35(30(39)34-23)16-26(36)33-22-7-5-6-8-24(22)40-3/h5-15H,4,16-17H2,1-3H3,(H,32,37)(H,33,36)(H,34,39)/b23-14+. The van der Waals surface area contributed by atoms with Crippen LogP contribution in [0.25, 0.3) is 6.08 Å². The minimum atomic E-state index is -0.731. The fourth-order valence-corrected chi connectivity index (χ4v) is 4.58. The first-order valence-corrected chi connectivity index (χ1v) is 13.7. The smallest absolute Gasteiger partial charge is 0.329 e. The Morgan fingerprint density at radius 3 is 2.43 bits per heavy atom. The van der Waals surface area contributed by atoms with Gasteiger partial charge in [0.15, 0.2) is 18.1 Å². The molecule has 0 unspecified atom stereocenters. The lowest BCUT2D eigenvalue weighted by Gasteiger charge is -2.15. The number of benzene rings is 3. The van der Waals surface area contributed by atoms with E-state index in [0.29, 0.717) is 45.3 Å². The van der Waals surface area contributed by atoms with Crippen LogP contribution in [0.15, 0.2) is 70.8 Å². The van der Waals surface area contributed by atoms with Crippen LogP contribution in [0, 0.1) is 6.92 Å². The number of hydrogen-bond donors (Lipinski definition) is 3. The zero-order valence-corrected chi connectivity index (χ0v) is 24.7. The van der Waals surface area contributed by atoms with Crippen LogP contribution in [-0.4, -0.2) is 55.5 Å². The predicted molar refractivity (Wildman–Crippen MR) is 160 cm³/mol. The van der Waals surface area contributed by atoms with Gasteiger partial charge in [-0.1, -0.05) is 29.8 Å². The number of nitrogens with zero attached hydrogens (tertiary/aromatic N) is 1. The predicted octanol–water partition coefficient (Wildman–Crippen LogP) is 4.71. The number of ether oxygens (including phenoxy) is 3. The molecule has 3 N–H and O–H groups in total. The van der Waals surface area contributed by atoms with Crippen molar-refractivity contribution in [3.8, 4) is 17.2 Å². The SMILES string of the molecule is CCOc1cc(/C=C2/NC(=O)N(CC(=O)Nc3ccccc3OC)C2=O)cc(Br)c1OCC(=O)Nc1ccc(C)cc1. The molecule has 1 aliphatic heterocycles. The lowest BCUT2D eigenvalue weighted by molar-refractivity contribution is -0.127. The van der Waals surface area contributed by atoms with Crippen LogP contribution in [0.3, 0.4) is 0 Å². The van der Waals surface area contributed by atoms with Gasteiger partial charge in [0, 0.05) is 5.69 Å². The third-order valence-electron chi connectivity index (χ3n) is 5.97. The summed E-state index contributed by atoms with van der Waals surface area (Å²) in [6.07, 6.45) is 1.46. The number of aryl methyl sites for hydroxylation is 1. The van der Waals surface area contributed by atoms with E-state index in [0.717, 1.165) is 10.5 Å². The first kappa shape index (κ1) is 30.1. The summed E-state index contributed by atoms with van der Waals surface area (Å²) in [4.78, 5) is 51.4. The molecule has 0 aliphatic carbocycles. The van der Waals surface area contributed by atoms with Crippen molar-refractivity contribution in [1.82, 2.24) is 10.2 Å². The molecule has 218 valence electrons. The monoisotopic (exact) mass is 636 g/mol. The van der Waals surface area contributed by atoms with Crippen molar-refractivity contribution in [3.05, 3.63) is 82.0 Å². The molecule has 42 heavy (non-hydrogen) atoms. The molecular formula is C30H29BrN4O7. The second-order valence-electron chi connectivity index (χ2n) is 9.09. The second kappa shape index (κ2) is 13.7. The molecule has 3 aromatic rings. The van der Waals surface area contributed by atoms with Crippen molar-refractivity contribution < 1.29 is 33.4 Å². The zero-order valence-electron chi connectivity index (χ0n) is 23.2. The number of carbonyl (C=O) groups excluding carboxylic acids is 4. The third-order valence-corrected chi connectivity index (χ3v) is 6.56. The van der Waals surface area contributed by atoms with Gasteiger partial charge >= 0.3 is 6.03 Å². The Labute approximate surface area is 250 Å². The minimum Gasteiger partial charge on any atom is -0.495 e. The van der Waals surface area contributed by atoms with Crippen LogP contribution < -0.4 is 30.2 Å². The largest absolute Gasteiger partial charge is 0.495 e. The Kier molecular flexibility index (Phi) is 9.81. The van der Waals surface area contributed by atoms with E-state index in [4.69, 9.17) is 14.2 Å². The van der Waals surface area contributed by atoms with Gasteiger partial charge in [0.1, 0.15) is 18.0 Å². The number of para-hydroxylation sites is 2. The van der Waals surface area contributed by atoms with Crippen molar-refractivity contribution in [2.45, 2.75) is 13.8 Å². The van der Waals surface area contributed by atoms with Gasteiger partial charge in [0.05, 0.1) is 23.9 Å². The zero-order chi connectivity index (χ0) is 30.2. The fraction of sp³-hybridized carbons (Fsp3) is 0.200. The molecule has 1 saturated heterocycles. The van der Waals surface area contributed by atoms with E-state index in [1.54, 1.807) is 55.5 Å². The Hall–Kier alpha value is -4.84. The summed E-state index contributed by atoms with van der Waals surface area (Å²) in [7, 11) is 1.47. The van der Waals surface area contributed by atoms with E-state index in [9.17, 15) is 19.2 Å². The van der Waals surface area contributed by atoms with Crippen LogP contribution in [0.1, 0.15) is 18.1 Å². The van der Waals surface area contributed by atoms with Gasteiger partial charge in [-0.15, -0.1) is 0 Å². The van der Waals surface area contributed by atoms with E-state index in [2.05, 4.69) is 31.9 Å². The molecule has 3 aromatic carbocycles. The summed E-state index contributed by atoms with van der Waals surface area (Å²) in [5.74, 6) is -0.524. The van der Waals surface area contributed by atoms with Crippen molar-refractivity contribution >= 4 is 57.1 Å². The normalized spacial score (nSPS) is 13.5. The Morgan fingerprint density at radius 1 is 0.976 bits per heavy atom. The van der Waals surface area contributed by atoms with Gasteiger partial charge in [-0.2, -0.15) is 0 Å². The number of methoxy groups -OCH3 is 1. The molecular weight excluding hydrogens is 608 g/mol. The first-order valence-electron chi connectivity index (χ1n) is 12.9. The van der Waals surface area contributed by atoms with Gasteiger partial charge in [-0.25, -0.2) is 9.69 Å². The summed E-state index contributed by atoms with van der Waals surface area (Å²) in [6.45, 7) is 3.29. The van der Waals surface area contributed by atoms with E-state index in [1.165, 1.54) is 13.2 Å². The number of rotatable bonds is 11. The number of imide groups is 1. The molecule has 4 rings (SSSR count). The molecule has 1 aliphatic rings. The Balaban J connectivity index is 1.44. The van der Waals surface area contributed by atoms with E-state index < -0.39 is 24.4 Å². The third kappa shape index (κ3) is 7.46. The number of nitrogens with one attached hydrogen (secondary N) is 3. The van der Waals surface area contributed by atoms with Crippen LogP contribution in [0.2, 0.25) is 0 Å². The van der Waals surface area contributed by atoms with Gasteiger partial charge < -0.3 is 30.2 Å². The summed E-state index contributed by atoms with van der Waals surface area (Å²) in [5.41, 5.74) is 2.62. The second-order valence-corrected chi connectivity index (χ2v) is 9.95. The topological polar surface area (TPSA) is 135 Å². The molecule has 1 fully saturated rings. The average Bonchev–Trinajstić information content (AvgIpc) is 3.21. The van der Waals surface area contributed by atoms with Crippen molar-refractivity contribution in [3.63, 3.8) is 0 Å². The van der Waals surface area contributed by atoms with Crippen molar-refractivity contribution in [1.29, 1.82) is 0 Å². The van der Waals surface area contributed by atoms with Crippen LogP contribution in [0.5, 0.6) is 17.2 Å². The highest BCUT2D eigenvalue weighted by atomic mass is 79.9. The first-order chi connectivity index (χ1) is 20.2. The maximum Gasteiger partial charge on any atom is 0.329 e. The van der Waals surface area contributed by atoms with Gasteiger partial charge in [-0.3, -0.25) is 14.4 Å². The lowest BCUT2D eigenvalue weighted by atomic mass is 10.1. The molecule has 0 radical (unpaired) electrons. The number of carbonyl (C=O) groups is 4. The van der Waals surface area contributed by atoms with E-state index in [-0.39, 0.29) is 18.2 Å².